The lowest BCUT2D eigenvalue weighted by Crippen LogP contribution is -2.11. The minimum atomic E-state index is 0.247. The van der Waals surface area contributed by atoms with Crippen molar-refractivity contribution in [1.82, 2.24) is 19.5 Å². The van der Waals surface area contributed by atoms with Crippen molar-refractivity contribution in [3.05, 3.63) is 22.0 Å². The Balaban J connectivity index is 1.80. The van der Waals surface area contributed by atoms with Crippen LogP contribution < -0.4 is 20.9 Å². The maximum absolute atomic E-state index is 5.93. The number of nitrogens with two attached hydrogens (primary N) is 2. The maximum Gasteiger partial charge on any atom is 0.231 e. The predicted molar refractivity (Wildman–Crippen MR) is 98.2 cm³/mol. The standard InChI is InChI=1S/C14H13IN6O2S/c15-7-3-8-9(23-6-22-8)4-10(7)24-14-20-11-12(17)18-5-19-13(11)21(14)2-1-16/h3-5H,1-2,6,16H2,(H2,17,18,19). The smallest absolute Gasteiger partial charge is 0.231 e. The summed E-state index contributed by atoms with van der Waals surface area (Å²) in [7, 11) is 0. The molecule has 1 aromatic carbocycles. The number of anilines is 1. The van der Waals surface area contributed by atoms with E-state index in [1.54, 1.807) is 0 Å². The van der Waals surface area contributed by atoms with Crippen molar-refractivity contribution >= 4 is 51.3 Å². The summed E-state index contributed by atoms with van der Waals surface area (Å²) in [4.78, 5) is 13.9. The highest BCUT2D eigenvalue weighted by Gasteiger charge is 2.20. The minimum absolute atomic E-state index is 0.247. The summed E-state index contributed by atoms with van der Waals surface area (Å²) < 4.78 is 13.9. The lowest BCUT2D eigenvalue weighted by molar-refractivity contribution is 0.174. The van der Waals surface area contributed by atoms with E-state index in [1.807, 2.05) is 16.7 Å². The van der Waals surface area contributed by atoms with Crippen LogP contribution in [-0.4, -0.2) is 32.9 Å². The molecule has 0 saturated carbocycles. The van der Waals surface area contributed by atoms with E-state index in [0.717, 1.165) is 25.1 Å². The fourth-order valence-electron chi connectivity index (χ4n) is 2.42. The number of hydrogen-bond donors (Lipinski definition) is 2. The van der Waals surface area contributed by atoms with Crippen molar-refractivity contribution < 1.29 is 9.47 Å². The van der Waals surface area contributed by atoms with Gasteiger partial charge in [0.2, 0.25) is 6.79 Å². The molecule has 0 amide bonds. The number of nitrogen functional groups attached to an aromatic ring is 1. The third-order valence-electron chi connectivity index (χ3n) is 3.51. The molecule has 2 aromatic heterocycles. The molecule has 4 N–H and O–H groups in total. The number of halogens is 1. The number of rotatable bonds is 4. The quantitative estimate of drug-likeness (QED) is 0.572. The first-order chi connectivity index (χ1) is 11.7. The third kappa shape index (κ3) is 2.63. The SMILES string of the molecule is NCCn1c(Sc2cc3c(cc2I)OCO3)nc2c(N)ncnc21. The molecule has 4 rings (SSSR count). The third-order valence-corrected chi connectivity index (χ3v) is 5.82. The van der Waals surface area contributed by atoms with E-state index < -0.39 is 0 Å². The summed E-state index contributed by atoms with van der Waals surface area (Å²) in [6.07, 6.45) is 1.44. The van der Waals surface area contributed by atoms with Gasteiger partial charge in [-0.05, 0) is 34.7 Å². The Morgan fingerprint density at radius 3 is 2.83 bits per heavy atom. The van der Waals surface area contributed by atoms with Crippen LogP contribution in [0.5, 0.6) is 11.5 Å². The molecule has 0 spiro atoms. The van der Waals surface area contributed by atoms with E-state index in [9.17, 15) is 0 Å². The summed E-state index contributed by atoms with van der Waals surface area (Å²) in [6, 6.07) is 3.91. The molecule has 0 unspecified atom stereocenters. The Labute approximate surface area is 155 Å². The zero-order valence-electron chi connectivity index (χ0n) is 12.4. The number of hydrogen-bond acceptors (Lipinski definition) is 8. The van der Waals surface area contributed by atoms with E-state index in [-0.39, 0.29) is 6.79 Å². The molecule has 8 nitrogen and oxygen atoms in total. The Hall–Kier alpha value is -1.79. The fraction of sp³-hybridized carbons (Fsp3) is 0.214. The average Bonchev–Trinajstić information content (AvgIpc) is 3.14. The largest absolute Gasteiger partial charge is 0.454 e. The van der Waals surface area contributed by atoms with Gasteiger partial charge in [0.25, 0.3) is 0 Å². The average molecular weight is 456 g/mol. The first kappa shape index (κ1) is 15.7. The van der Waals surface area contributed by atoms with Gasteiger partial charge in [-0.2, -0.15) is 0 Å². The van der Waals surface area contributed by atoms with Gasteiger partial charge in [0.05, 0.1) is 0 Å². The van der Waals surface area contributed by atoms with Gasteiger partial charge in [-0.15, -0.1) is 0 Å². The van der Waals surface area contributed by atoms with Gasteiger partial charge >= 0.3 is 0 Å². The lowest BCUT2D eigenvalue weighted by Gasteiger charge is -2.08. The Morgan fingerprint density at radius 2 is 2.04 bits per heavy atom. The molecule has 0 saturated heterocycles. The van der Waals surface area contributed by atoms with Gasteiger partial charge in [-0.1, -0.05) is 11.8 Å². The van der Waals surface area contributed by atoms with Crippen molar-refractivity contribution in [3.63, 3.8) is 0 Å². The predicted octanol–water partition coefficient (Wildman–Crippen LogP) is 1.85. The fourth-order valence-corrected chi connectivity index (χ4v) is 4.13. The highest BCUT2D eigenvalue weighted by molar-refractivity contribution is 14.1. The number of ether oxygens (including phenoxy) is 2. The second-order valence-corrected chi connectivity index (χ2v) is 7.18. The first-order valence-electron chi connectivity index (χ1n) is 7.11. The van der Waals surface area contributed by atoms with Gasteiger partial charge in [-0.3, -0.25) is 0 Å². The zero-order valence-corrected chi connectivity index (χ0v) is 15.4. The van der Waals surface area contributed by atoms with Gasteiger partial charge in [-0.25, -0.2) is 15.0 Å². The summed E-state index contributed by atoms with van der Waals surface area (Å²) >= 11 is 3.78. The Morgan fingerprint density at radius 1 is 1.25 bits per heavy atom. The monoisotopic (exact) mass is 456 g/mol. The highest BCUT2D eigenvalue weighted by atomic mass is 127. The van der Waals surface area contributed by atoms with Crippen molar-refractivity contribution in [2.24, 2.45) is 5.73 Å². The van der Waals surface area contributed by atoms with E-state index in [2.05, 4.69) is 37.5 Å². The van der Waals surface area contributed by atoms with E-state index in [0.29, 0.717) is 30.1 Å². The first-order valence-corrected chi connectivity index (χ1v) is 9.00. The van der Waals surface area contributed by atoms with Crippen LogP contribution in [0, 0.1) is 3.57 Å². The van der Waals surface area contributed by atoms with Crippen molar-refractivity contribution in [1.29, 1.82) is 0 Å². The maximum atomic E-state index is 5.93. The zero-order chi connectivity index (χ0) is 16.7. The number of benzene rings is 1. The number of fused-ring (bicyclic) bond motifs is 2. The van der Waals surface area contributed by atoms with E-state index >= 15 is 0 Å². The number of aromatic nitrogens is 4. The van der Waals surface area contributed by atoms with Crippen molar-refractivity contribution in [3.8, 4) is 11.5 Å². The van der Waals surface area contributed by atoms with Crippen LogP contribution in [0.4, 0.5) is 5.82 Å². The number of imidazole rings is 1. The molecule has 3 aromatic rings. The Bertz CT molecular complexity index is 931. The van der Waals surface area contributed by atoms with Gasteiger partial charge in [0, 0.05) is 21.6 Å². The minimum Gasteiger partial charge on any atom is -0.454 e. The van der Waals surface area contributed by atoms with Crippen LogP contribution in [0.1, 0.15) is 0 Å². The molecule has 0 aliphatic carbocycles. The molecule has 1 aliphatic heterocycles. The van der Waals surface area contributed by atoms with E-state index in [4.69, 9.17) is 20.9 Å². The van der Waals surface area contributed by atoms with Gasteiger partial charge in [0.1, 0.15) is 6.33 Å². The Kier molecular flexibility index (Phi) is 4.10. The normalized spacial score (nSPS) is 12.9. The molecule has 3 heterocycles. The summed E-state index contributed by atoms with van der Waals surface area (Å²) in [5.41, 5.74) is 12.9. The molecule has 1 aliphatic rings. The van der Waals surface area contributed by atoms with Crippen LogP contribution in [0.3, 0.4) is 0 Å². The second-order valence-electron chi connectivity index (χ2n) is 5.00. The van der Waals surface area contributed by atoms with Gasteiger partial charge < -0.3 is 25.5 Å². The molecular weight excluding hydrogens is 443 g/mol. The molecule has 0 radical (unpaired) electrons. The second kappa shape index (κ2) is 6.26. The summed E-state index contributed by atoms with van der Waals surface area (Å²) in [5, 5.41) is 0.763. The lowest BCUT2D eigenvalue weighted by atomic mass is 10.3. The van der Waals surface area contributed by atoms with Gasteiger partial charge in [0.15, 0.2) is 33.6 Å². The summed E-state index contributed by atoms with van der Waals surface area (Å²) in [6.45, 7) is 1.31. The van der Waals surface area contributed by atoms with Crippen molar-refractivity contribution in [2.45, 2.75) is 16.6 Å². The summed E-state index contributed by atoms with van der Waals surface area (Å²) in [5.74, 6) is 1.85. The molecule has 0 atom stereocenters. The van der Waals surface area contributed by atoms with Crippen LogP contribution in [0.25, 0.3) is 11.2 Å². The molecular formula is C14H13IN6O2S. The van der Waals surface area contributed by atoms with Crippen molar-refractivity contribution in [2.75, 3.05) is 19.1 Å². The van der Waals surface area contributed by atoms with E-state index in [1.165, 1.54) is 18.1 Å². The number of nitrogens with zero attached hydrogens (tertiary/aromatic N) is 4. The van der Waals surface area contributed by atoms with Crippen LogP contribution in [0.2, 0.25) is 0 Å². The van der Waals surface area contributed by atoms with Crippen LogP contribution >= 0.6 is 34.4 Å². The topological polar surface area (TPSA) is 114 Å². The highest BCUT2D eigenvalue weighted by Crippen LogP contribution is 2.41. The van der Waals surface area contributed by atoms with Crippen LogP contribution in [0.15, 0.2) is 28.5 Å². The molecule has 124 valence electrons. The molecule has 0 fully saturated rings. The molecule has 10 heteroatoms. The molecule has 0 bridgehead atoms. The molecule has 24 heavy (non-hydrogen) atoms. The van der Waals surface area contributed by atoms with Crippen LogP contribution in [-0.2, 0) is 6.54 Å².